The number of carbonyl (C=O) groups is 1. The number of nitrogens with one attached hydrogen (secondary N) is 2. The van der Waals surface area contributed by atoms with Gasteiger partial charge in [-0.15, -0.1) is 0 Å². The van der Waals surface area contributed by atoms with Crippen molar-refractivity contribution in [3.63, 3.8) is 0 Å². The maximum absolute atomic E-state index is 12.6. The van der Waals surface area contributed by atoms with Crippen molar-refractivity contribution in [1.82, 2.24) is 5.32 Å². The molecule has 1 amide bonds. The molecule has 144 valence electrons. The van der Waals surface area contributed by atoms with E-state index >= 15 is 0 Å². The van der Waals surface area contributed by atoms with E-state index in [2.05, 4.69) is 10.0 Å². The Hall–Kier alpha value is -2.38. The molecule has 1 fully saturated rings. The minimum Gasteiger partial charge on any atom is -0.348 e. The highest BCUT2D eigenvalue weighted by Crippen LogP contribution is 2.32. The minimum atomic E-state index is -3.73. The Morgan fingerprint density at radius 3 is 2.41 bits per heavy atom. The van der Waals surface area contributed by atoms with Crippen LogP contribution in [0.15, 0.2) is 47.4 Å². The summed E-state index contributed by atoms with van der Waals surface area (Å²) in [4.78, 5) is 12.5. The van der Waals surface area contributed by atoms with E-state index in [9.17, 15) is 13.2 Å². The van der Waals surface area contributed by atoms with Gasteiger partial charge in [0.05, 0.1) is 10.6 Å². The molecule has 27 heavy (non-hydrogen) atoms. The number of hydrogen-bond donors (Lipinski definition) is 3. The van der Waals surface area contributed by atoms with Gasteiger partial charge in [0.25, 0.3) is 15.9 Å². The molecule has 0 spiro atoms. The lowest BCUT2D eigenvalue weighted by Crippen LogP contribution is -2.41. The standard InChI is InChI=1S/C20H25N3O3S/c1-13-4-3-5-18(14(13)2)23-27(25,26)17-10-8-16(9-11-17)20(24)22-19(12-21)15-6-7-15/h3-5,8-11,15,19,23H,6-7,12,21H2,1-2H3,(H,22,24). The van der Waals surface area contributed by atoms with Crippen molar-refractivity contribution in [1.29, 1.82) is 0 Å². The van der Waals surface area contributed by atoms with E-state index in [0.29, 0.717) is 23.7 Å². The Kier molecular flexibility index (Phi) is 5.53. The molecule has 4 N–H and O–H groups in total. The smallest absolute Gasteiger partial charge is 0.261 e. The molecule has 1 atom stereocenters. The number of carbonyl (C=O) groups excluding carboxylic acids is 1. The van der Waals surface area contributed by atoms with Crippen molar-refractivity contribution in [2.75, 3.05) is 11.3 Å². The number of sulfonamides is 1. The molecule has 2 aromatic carbocycles. The molecule has 1 aliphatic rings. The summed E-state index contributed by atoms with van der Waals surface area (Å²) in [6.45, 7) is 4.20. The zero-order valence-electron chi connectivity index (χ0n) is 15.5. The van der Waals surface area contributed by atoms with Gasteiger partial charge in [-0.1, -0.05) is 12.1 Å². The quantitative estimate of drug-likeness (QED) is 0.679. The maximum Gasteiger partial charge on any atom is 0.261 e. The lowest BCUT2D eigenvalue weighted by atomic mass is 10.1. The van der Waals surface area contributed by atoms with Gasteiger partial charge < -0.3 is 11.1 Å². The molecule has 0 saturated heterocycles. The first kappa shape index (κ1) is 19.4. The summed E-state index contributed by atoms with van der Waals surface area (Å²) in [6, 6.07) is 11.4. The Labute approximate surface area is 160 Å². The van der Waals surface area contributed by atoms with Gasteiger partial charge in [-0.25, -0.2) is 8.42 Å². The predicted octanol–water partition coefficient (Wildman–Crippen LogP) is 2.57. The van der Waals surface area contributed by atoms with Crippen LogP contribution in [0, 0.1) is 19.8 Å². The summed E-state index contributed by atoms with van der Waals surface area (Å²) in [7, 11) is -3.73. The fraction of sp³-hybridized carbons (Fsp3) is 0.350. The maximum atomic E-state index is 12.6. The van der Waals surface area contributed by atoms with Crippen LogP contribution >= 0.6 is 0 Å². The third-order valence-electron chi connectivity index (χ3n) is 5.04. The first-order valence-electron chi connectivity index (χ1n) is 9.02. The highest BCUT2D eigenvalue weighted by atomic mass is 32.2. The van der Waals surface area contributed by atoms with Crippen molar-refractivity contribution in [3.05, 3.63) is 59.2 Å². The molecule has 0 bridgehead atoms. The van der Waals surface area contributed by atoms with Crippen LogP contribution < -0.4 is 15.8 Å². The highest BCUT2D eigenvalue weighted by Gasteiger charge is 2.31. The summed E-state index contributed by atoms with van der Waals surface area (Å²) in [5, 5.41) is 2.93. The molecule has 0 radical (unpaired) electrons. The molecule has 6 nitrogen and oxygen atoms in total. The van der Waals surface area contributed by atoms with Gasteiger partial charge in [0, 0.05) is 18.2 Å². The molecule has 2 aromatic rings. The Morgan fingerprint density at radius 1 is 1.15 bits per heavy atom. The second-order valence-corrected chi connectivity index (χ2v) is 8.71. The van der Waals surface area contributed by atoms with E-state index in [1.165, 1.54) is 24.3 Å². The minimum absolute atomic E-state index is 0.0214. The van der Waals surface area contributed by atoms with Crippen LogP contribution in [-0.2, 0) is 10.0 Å². The molecule has 7 heteroatoms. The van der Waals surface area contributed by atoms with Gasteiger partial charge in [0.1, 0.15) is 0 Å². The number of anilines is 1. The first-order valence-corrected chi connectivity index (χ1v) is 10.5. The predicted molar refractivity (Wildman–Crippen MR) is 106 cm³/mol. The van der Waals surface area contributed by atoms with Gasteiger partial charge in [-0.2, -0.15) is 0 Å². The molecular formula is C20H25N3O3S. The summed E-state index contributed by atoms with van der Waals surface area (Å²) >= 11 is 0. The van der Waals surface area contributed by atoms with E-state index in [1.54, 1.807) is 12.1 Å². The number of aryl methyl sites for hydroxylation is 1. The van der Waals surface area contributed by atoms with Crippen LogP contribution in [0.2, 0.25) is 0 Å². The van der Waals surface area contributed by atoms with Gasteiger partial charge in [0.15, 0.2) is 0 Å². The van der Waals surface area contributed by atoms with E-state index < -0.39 is 10.0 Å². The first-order chi connectivity index (χ1) is 12.8. The van der Waals surface area contributed by atoms with Crippen molar-refractivity contribution < 1.29 is 13.2 Å². The summed E-state index contributed by atoms with van der Waals surface area (Å²) in [5.74, 6) is 0.226. The Morgan fingerprint density at radius 2 is 1.81 bits per heavy atom. The monoisotopic (exact) mass is 387 g/mol. The van der Waals surface area contributed by atoms with E-state index in [4.69, 9.17) is 5.73 Å². The van der Waals surface area contributed by atoms with Crippen LogP contribution in [0.1, 0.15) is 34.3 Å². The van der Waals surface area contributed by atoms with Gasteiger partial charge in [0.2, 0.25) is 0 Å². The second-order valence-electron chi connectivity index (χ2n) is 7.03. The van der Waals surface area contributed by atoms with Crippen LogP contribution in [0.25, 0.3) is 0 Å². The molecule has 0 aromatic heterocycles. The Bertz CT molecular complexity index is 935. The van der Waals surface area contributed by atoms with Crippen LogP contribution in [0.3, 0.4) is 0 Å². The SMILES string of the molecule is Cc1cccc(NS(=O)(=O)c2ccc(C(=O)NC(CN)C3CC3)cc2)c1C. The molecule has 3 rings (SSSR count). The average Bonchev–Trinajstić information content (AvgIpc) is 3.48. The lowest BCUT2D eigenvalue weighted by Gasteiger charge is -2.16. The van der Waals surface area contributed by atoms with Gasteiger partial charge >= 0.3 is 0 Å². The number of hydrogen-bond acceptors (Lipinski definition) is 4. The average molecular weight is 388 g/mol. The lowest BCUT2D eigenvalue weighted by molar-refractivity contribution is 0.0933. The number of benzene rings is 2. The molecule has 1 saturated carbocycles. The van der Waals surface area contributed by atoms with E-state index in [0.717, 1.165) is 24.0 Å². The third-order valence-corrected chi connectivity index (χ3v) is 6.42. The highest BCUT2D eigenvalue weighted by molar-refractivity contribution is 7.92. The number of rotatable bonds is 7. The topological polar surface area (TPSA) is 101 Å². The van der Waals surface area contributed by atoms with E-state index in [-0.39, 0.29) is 16.8 Å². The normalized spacial score (nSPS) is 15.2. The van der Waals surface area contributed by atoms with Crippen molar-refractivity contribution in [2.24, 2.45) is 11.7 Å². The van der Waals surface area contributed by atoms with Crippen LogP contribution in [0.4, 0.5) is 5.69 Å². The van der Waals surface area contributed by atoms with E-state index in [1.807, 2.05) is 19.9 Å². The van der Waals surface area contributed by atoms with Crippen LogP contribution in [-0.4, -0.2) is 26.9 Å². The fourth-order valence-corrected chi connectivity index (χ4v) is 4.09. The number of amides is 1. The summed E-state index contributed by atoms with van der Waals surface area (Å²) in [5.41, 5.74) is 8.57. The van der Waals surface area contributed by atoms with Crippen molar-refractivity contribution in [3.8, 4) is 0 Å². The molecule has 0 aliphatic heterocycles. The third kappa shape index (κ3) is 4.48. The summed E-state index contributed by atoms with van der Waals surface area (Å²) < 4.78 is 27.9. The zero-order valence-corrected chi connectivity index (χ0v) is 16.3. The zero-order chi connectivity index (χ0) is 19.6. The largest absolute Gasteiger partial charge is 0.348 e. The molecule has 1 unspecified atom stereocenters. The molecular weight excluding hydrogens is 362 g/mol. The summed E-state index contributed by atoms with van der Waals surface area (Å²) in [6.07, 6.45) is 2.17. The Balaban J connectivity index is 1.73. The second kappa shape index (κ2) is 7.70. The number of nitrogens with two attached hydrogens (primary N) is 1. The molecule has 1 aliphatic carbocycles. The van der Waals surface area contributed by atoms with Gasteiger partial charge in [-0.05, 0) is 74.1 Å². The van der Waals surface area contributed by atoms with Gasteiger partial charge in [-0.3, -0.25) is 9.52 Å². The molecule has 0 heterocycles. The van der Waals surface area contributed by atoms with Crippen LogP contribution in [0.5, 0.6) is 0 Å². The van der Waals surface area contributed by atoms with Crippen molar-refractivity contribution >= 4 is 21.6 Å². The fourth-order valence-electron chi connectivity index (χ4n) is 2.97. The van der Waals surface area contributed by atoms with Crippen molar-refractivity contribution in [2.45, 2.75) is 37.6 Å².